The summed E-state index contributed by atoms with van der Waals surface area (Å²) in [4.78, 5) is 0. The van der Waals surface area contributed by atoms with Gasteiger partial charge >= 0.3 is 0 Å². The average Bonchev–Trinajstić information content (AvgIpc) is 3.15. The van der Waals surface area contributed by atoms with Gasteiger partial charge in [0, 0.05) is 0 Å². The van der Waals surface area contributed by atoms with Gasteiger partial charge in [-0.25, -0.2) is 0 Å². The van der Waals surface area contributed by atoms with Crippen LogP contribution in [0.2, 0.25) is 0 Å². The first kappa shape index (κ1) is 41.1. The molecule has 0 fully saturated rings. The summed E-state index contributed by atoms with van der Waals surface area (Å²) in [5.41, 5.74) is 5.27. The molecule has 0 unspecified atom stereocenters. The van der Waals surface area contributed by atoms with Gasteiger partial charge in [-0.05, 0) is 83.1 Å². The van der Waals surface area contributed by atoms with Crippen molar-refractivity contribution >= 4 is 24.3 Å². The molecule has 0 aromatic heterocycles. The van der Waals surface area contributed by atoms with Gasteiger partial charge in [0.2, 0.25) is 0 Å². The fourth-order valence-corrected chi connectivity index (χ4v) is 6.32. The van der Waals surface area contributed by atoms with Crippen LogP contribution in [-0.2, 0) is 6.61 Å². The molecule has 0 saturated carbocycles. The van der Waals surface area contributed by atoms with Crippen molar-refractivity contribution in [2.24, 2.45) is 0 Å². The topological polar surface area (TPSA) is 38.7 Å². The molecule has 0 bridgehead atoms. The van der Waals surface area contributed by atoms with E-state index in [1.807, 2.05) is 12.1 Å². The summed E-state index contributed by atoms with van der Waals surface area (Å²) < 4.78 is 12.0. The fourth-order valence-electron chi connectivity index (χ4n) is 6.32. The van der Waals surface area contributed by atoms with Gasteiger partial charge in [0.25, 0.3) is 0 Å². The smallest absolute Gasteiger partial charge is 0.119 e. The van der Waals surface area contributed by atoms with Crippen LogP contribution in [-0.4, -0.2) is 18.3 Å². The lowest BCUT2D eigenvalue weighted by molar-refractivity contribution is 0.282. The Morgan fingerprint density at radius 3 is 1.06 bits per heavy atom. The van der Waals surface area contributed by atoms with E-state index >= 15 is 0 Å². The van der Waals surface area contributed by atoms with E-state index in [4.69, 9.17) is 9.47 Å². The Labute approximate surface area is 306 Å². The highest BCUT2D eigenvalue weighted by molar-refractivity contribution is 5.75. The molecule has 0 spiro atoms. The minimum atomic E-state index is 0.0126. The molecular weight excluding hydrogens is 613 g/mol. The molecule has 0 heterocycles. The lowest BCUT2D eigenvalue weighted by Crippen LogP contribution is -1.97. The molecule has 274 valence electrons. The van der Waals surface area contributed by atoms with Crippen molar-refractivity contribution in [1.82, 2.24) is 0 Å². The Morgan fingerprint density at radius 2 is 0.720 bits per heavy atom. The summed E-state index contributed by atoms with van der Waals surface area (Å²) in [7, 11) is 0. The molecule has 0 atom stereocenters. The van der Waals surface area contributed by atoms with Crippen LogP contribution in [0.5, 0.6) is 11.5 Å². The maximum absolute atomic E-state index is 9.90. The Balaban J connectivity index is 1.35. The fraction of sp³-hybridized carbons (Fsp3) is 0.532. The SMILES string of the molecule is CCCCCCCCCCCCOc1ccc(/C=C/c2cc(/C=C/c3ccc(OCCCCCCCCCCCC)cc3)cc(CO)c2)cc1. The minimum absolute atomic E-state index is 0.0126. The second-order valence-corrected chi connectivity index (χ2v) is 14.0. The minimum Gasteiger partial charge on any atom is -0.494 e. The van der Waals surface area contributed by atoms with Crippen molar-refractivity contribution in [2.75, 3.05) is 13.2 Å². The van der Waals surface area contributed by atoms with Gasteiger partial charge in [-0.2, -0.15) is 0 Å². The summed E-state index contributed by atoms with van der Waals surface area (Å²) in [5.74, 6) is 1.86. The number of aliphatic hydroxyl groups is 1. The molecule has 0 radical (unpaired) electrons. The zero-order valence-electron chi connectivity index (χ0n) is 31.7. The van der Waals surface area contributed by atoms with Crippen molar-refractivity contribution < 1.29 is 14.6 Å². The molecule has 3 heteroatoms. The summed E-state index contributed by atoms with van der Waals surface area (Å²) in [6, 6.07) is 22.9. The Bertz CT molecular complexity index is 1210. The highest BCUT2D eigenvalue weighted by Crippen LogP contribution is 2.20. The van der Waals surface area contributed by atoms with Gasteiger partial charge in [-0.3, -0.25) is 0 Å². The van der Waals surface area contributed by atoms with Crippen molar-refractivity contribution in [3.63, 3.8) is 0 Å². The third-order valence-electron chi connectivity index (χ3n) is 9.45. The van der Waals surface area contributed by atoms with Crippen molar-refractivity contribution in [3.8, 4) is 11.5 Å². The summed E-state index contributed by atoms with van der Waals surface area (Å²) in [5, 5.41) is 9.90. The van der Waals surface area contributed by atoms with Gasteiger partial charge in [-0.1, -0.05) is 178 Å². The molecule has 0 aliphatic heterocycles. The molecular formula is C47H68O3. The van der Waals surface area contributed by atoms with E-state index in [0.29, 0.717) is 0 Å². The average molecular weight is 681 g/mol. The molecule has 0 aliphatic rings. The van der Waals surface area contributed by atoms with Gasteiger partial charge in [-0.15, -0.1) is 0 Å². The Hall–Kier alpha value is -3.30. The quantitative estimate of drug-likeness (QED) is 0.0586. The van der Waals surface area contributed by atoms with Gasteiger partial charge in [0.05, 0.1) is 19.8 Å². The number of hydrogen-bond acceptors (Lipinski definition) is 3. The van der Waals surface area contributed by atoms with E-state index in [1.165, 1.54) is 116 Å². The predicted molar refractivity (Wildman–Crippen MR) is 218 cm³/mol. The molecule has 3 aromatic rings. The van der Waals surface area contributed by atoms with Crippen LogP contribution in [0.25, 0.3) is 24.3 Å². The van der Waals surface area contributed by atoms with Crippen molar-refractivity contribution in [3.05, 3.63) is 94.5 Å². The number of aliphatic hydroxyl groups excluding tert-OH is 1. The molecule has 0 saturated heterocycles. The van der Waals surface area contributed by atoms with E-state index in [0.717, 1.165) is 65.4 Å². The number of unbranched alkanes of at least 4 members (excludes halogenated alkanes) is 18. The standard InChI is InChI=1S/C47H68O3/c1-3-5-7-9-11-13-15-17-19-21-35-49-46-31-27-41(28-32-46)23-25-43-37-44(39-45(38-43)40-48)26-24-42-29-33-47(34-30-42)50-36-22-20-18-16-14-12-10-8-6-4-2/h23-34,37-39,48H,3-22,35-36,40H2,1-2H3/b25-23+,26-24+. The highest BCUT2D eigenvalue weighted by atomic mass is 16.5. The molecule has 3 aromatic carbocycles. The summed E-state index contributed by atoms with van der Waals surface area (Å²) >= 11 is 0. The largest absolute Gasteiger partial charge is 0.494 e. The lowest BCUT2D eigenvalue weighted by atomic mass is 10.0. The molecule has 0 aliphatic carbocycles. The van der Waals surface area contributed by atoms with Gasteiger partial charge in [0.15, 0.2) is 0 Å². The monoisotopic (exact) mass is 681 g/mol. The van der Waals surface area contributed by atoms with Gasteiger partial charge < -0.3 is 14.6 Å². The number of hydrogen-bond donors (Lipinski definition) is 1. The second-order valence-electron chi connectivity index (χ2n) is 14.0. The maximum Gasteiger partial charge on any atom is 0.119 e. The normalized spacial score (nSPS) is 11.6. The molecule has 50 heavy (non-hydrogen) atoms. The van der Waals surface area contributed by atoms with Crippen LogP contribution >= 0.6 is 0 Å². The Kier molecular flexibility index (Phi) is 22.6. The van der Waals surface area contributed by atoms with E-state index in [1.54, 1.807) is 0 Å². The van der Waals surface area contributed by atoms with Crippen LogP contribution in [0.4, 0.5) is 0 Å². The van der Waals surface area contributed by atoms with Crippen LogP contribution < -0.4 is 9.47 Å². The van der Waals surface area contributed by atoms with E-state index < -0.39 is 0 Å². The van der Waals surface area contributed by atoms with E-state index in [2.05, 4.69) is 92.7 Å². The molecule has 3 rings (SSSR count). The van der Waals surface area contributed by atoms with E-state index in [-0.39, 0.29) is 6.61 Å². The zero-order chi connectivity index (χ0) is 35.3. The van der Waals surface area contributed by atoms with Crippen LogP contribution in [0.15, 0.2) is 66.7 Å². The summed E-state index contributed by atoms with van der Waals surface area (Å²) in [6.45, 7) is 6.14. The second kappa shape index (κ2) is 27.4. The molecule has 1 N–H and O–H groups in total. The first-order chi connectivity index (χ1) is 24.7. The van der Waals surface area contributed by atoms with Crippen LogP contribution in [0, 0.1) is 0 Å². The van der Waals surface area contributed by atoms with Crippen molar-refractivity contribution in [1.29, 1.82) is 0 Å². The lowest BCUT2D eigenvalue weighted by Gasteiger charge is -2.07. The number of rotatable bonds is 29. The predicted octanol–water partition coefficient (Wildman–Crippen LogP) is 14.1. The number of ether oxygens (including phenoxy) is 2. The van der Waals surface area contributed by atoms with Crippen LogP contribution in [0.3, 0.4) is 0 Å². The first-order valence-corrected chi connectivity index (χ1v) is 20.3. The van der Waals surface area contributed by atoms with E-state index in [9.17, 15) is 5.11 Å². The Morgan fingerprint density at radius 1 is 0.400 bits per heavy atom. The van der Waals surface area contributed by atoms with Crippen LogP contribution in [0.1, 0.15) is 170 Å². The molecule has 0 amide bonds. The third kappa shape index (κ3) is 19.2. The van der Waals surface area contributed by atoms with Gasteiger partial charge in [0.1, 0.15) is 11.5 Å². The van der Waals surface area contributed by atoms with Crippen molar-refractivity contribution in [2.45, 2.75) is 149 Å². The summed E-state index contributed by atoms with van der Waals surface area (Å²) in [6.07, 6.45) is 35.1. The zero-order valence-corrected chi connectivity index (χ0v) is 31.7. The first-order valence-electron chi connectivity index (χ1n) is 20.3. The highest BCUT2D eigenvalue weighted by Gasteiger charge is 2.01. The maximum atomic E-state index is 9.90. The number of benzene rings is 3. The molecule has 3 nitrogen and oxygen atoms in total. The third-order valence-corrected chi connectivity index (χ3v) is 9.45.